The zero-order valence-electron chi connectivity index (χ0n) is 8.56. The molecule has 0 saturated carbocycles. The monoisotopic (exact) mass is 217 g/mol. The number of ether oxygens (including phenoxy) is 1. The SMILES string of the molecule is O=c1[nH]nc(C2COc3ccccc3C2)[nH]1. The number of rotatable bonds is 1. The van der Waals surface area contributed by atoms with Crippen molar-refractivity contribution in [1.29, 1.82) is 0 Å². The maximum Gasteiger partial charge on any atom is 0.340 e. The molecule has 5 nitrogen and oxygen atoms in total. The molecule has 1 aromatic heterocycles. The van der Waals surface area contributed by atoms with Crippen LogP contribution in [0.5, 0.6) is 5.75 Å². The fourth-order valence-electron chi connectivity index (χ4n) is 1.98. The number of fused-ring (bicyclic) bond motifs is 1. The van der Waals surface area contributed by atoms with Crippen molar-refractivity contribution in [2.45, 2.75) is 12.3 Å². The van der Waals surface area contributed by atoms with E-state index in [4.69, 9.17) is 4.74 Å². The largest absolute Gasteiger partial charge is 0.493 e. The van der Waals surface area contributed by atoms with E-state index in [0.717, 1.165) is 17.7 Å². The first kappa shape index (κ1) is 9.21. The van der Waals surface area contributed by atoms with Gasteiger partial charge >= 0.3 is 5.69 Å². The molecule has 1 aliphatic heterocycles. The first-order chi connectivity index (χ1) is 7.83. The number of aromatic nitrogens is 3. The summed E-state index contributed by atoms with van der Waals surface area (Å²) in [5, 5.41) is 6.31. The molecule has 82 valence electrons. The molecule has 0 amide bonds. The second-order valence-corrected chi connectivity index (χ2v) is 3.88. The zero-order valence-corrected chi connectivity index (χ0v) is 8.56. The molecular formula is C11H11N3O2. The third-order valence-electron chi connectivity index (χ3n) is 2.79. The van der Waals surface area contributed by atoms with E-state index in [1.807, 2.05) is 24.3 Å². The van der Waals surface area contributed by atoms with Crippen molar-refractivity contribution >= 4 is 0 Å². The van der Waals surface area contributed by atoms with Gasteiger partial charge in [-0.25, -0.2) is 9.89 Å². The van der Waals surface area contributed by atoms with Gasteiger partial charge in [0.25, 0.3) is 0 Å². The lowest BCUT2D eigenvalue weighted by atomic mass is 9.96. The second kappa shape index (κ2) is 3.52. The van der Waals surface area contributed by atoms with E-state index in [1.54, 1.807) is 0 Å². The summed E-state index contributed by atoms with van der Waals surface area (Å²) in [4.78, 5) is 13.6. The molecule has 0 saturated heterocycles. The van der Waals surface area contributed by atoms with E-state index in [-0.39, 0.29) is 11.6 Å². The maximum atomic E-state index is 11.0. The summed E-state index contributed by atoms with van der Waals surface area (Å²) in [6.45, 7) is 0.553. The third kappa shape index (κ3) is 1.50. The van der Waals surface area contributed by atoms with Crippen LogP contribution in [-0.4, -0.2) is 21.8 Å². The molecular weight excluding hydrogens is 206 g/mol. The highest BCUT2D eigenvalue weighted by Gasteiger charge is 2.23. The average Bonchev–Trinajstić information content (AvgIpc) is 2.75. The number of H-pyrrole nitrogens is 2. The number of para-hydroxylation sites is 1. The zero-order chi connectivity index (χ0) is 11.0. The van der Waals surface area contributed by atoms with Crippen LogP contribution in [0.15, 0.2) is 29.1 Å². The van der Waals surface area contributed by atoms with Crippen molar-refractivity contribution in [2.24, 2.45) is 0 Å². The number of nitrogens with one attached hydrogen (secondary N) is 2. The Morgan fingerprint density at radius 2 is 2.25 bits per heavy atom. The first-order valence-electron chi connectivity index (χ1n) is 5.18. The van der Waals surface area contributed by atoms with Crippen LogP contribution < -0.4 is 10.4 Å². The number of hydrogen-bond donors (Lipinski definition) is 2. The Morgan fingerprint density at radius 3 is 3.06 bits per heavy atom. The van der Waals surface area contributed by atoms with Gasteiger partial charge in [-0.1, -0.05) is 18.2 Å². The molecule has 3 rings (SSSR count). The highest BCUT2D eigenvalue weighted by molar-refractivity contribution is 5.36. The summed E-state index contributed by atoms with van der Waals surface area (Å²) in [5.74, 6) is 1.71. The van der Waals surface area contributed by atoms with Crippen molar-refractivity contribution in [3.63, 3.8) is 0 Å². The van der Waals surface area contributed by atoms with Gasteiger partial charge in [0.05, 0.1) is 12.5 Å². The Labute approximate surface area is 91.5 Å². The van der Waals surface area contributed by atoms with Crippen molar-refractivity contribution in [2.75, 3.05) is 6.61 Å². The fraction of sp³-hybridized carbons (Fsp3) is 0.273. The minimum Gasteiger partial charge on any atom is -0.493 e. The Balaban J connectivity index is 1.90. The van der Waals surface area contributed by atoms with Crippen molar-refractivity contribution < 1.29 is 4.74 Å². The Hall–Kier alpha value is -2.04. The molecule has 0 bridgehead atoms. The normalized spacial score (nSPS) is 18.9. The predicted molar refractivity (Wildman–Crippen MR) is 57.6 cm³/mol. The Morgan fingerprint density at radius 1 is 1.38 bits per heavy atom. The van der Waals surface area contributed by atoms with Gasteiger partial charge in [0.1, 0.15) is 11.6 Å². The molecule has 1 aliphatic rings. The van der Waals surface area contributed by atoms with E-state index >= 15 is 0 Å². The number of nitrogens with zero attached hydrogens (tertiary/aromatic N) is 1. The van der Waals surface area contributed by atoms with Crippen LogP contribution >= 0.6 is 0 Å². The Bertz CT molecular complexity index is 558. The van der Waals surface area contributed by atoms with E-state index in [9.17, 15) is 4.79 Å². The van der Waals surface area contributed by atoms with Gasteiger partial charge in [0.15, 0.2) is 0 Å². The molecule has 2 N–H and O–H groups in total. The van der Waals surface area contributed by atoms with E-state index in [0.29, 0.717) is 12.4 Å². The molecule has 0 spiro atoms. The van der Waals surface area contributed by atoms with E-state index in [2.05, 4.69) is 15.2 Å². The first-order valence-corrected chi connectivity index (χ1v) is 5.18. The van der Waals surface area contributed by atoms with Gasteiger partial charge in [-0.15, -0.1) is 0 Å². The van der Waals surface area contributed by atoms with Crippen molar-refractivity contribution in [1.82, 2.24) is 15.2 Å². The summed E-state index contributed by atoms with van der Waals surface area (Å²) in [7, 11) is 0. The summed E-state index contributed by atoms with van der Waals surface area (Å²) >= 11 is 0. The standard InChI is InChI=1S/C11H11N3O2/c15-11-12-10(13-14-11)8-5-7-3-1-2-4-9(7)16-6-8/h1-4,8H,5-6H2,(H2,12,13,14,15). The average molecular weight is 217 g/mol. The molecule has 16 heavy (non-hydrogen) atoms. The molecule has 1 atom stereocenters. The van der Waals surface area contributed by atoms with Gasteiger partial charge in [-0.3, -0.25) is 4.98 Å². The highest BCUT2D eigenvalue weighted by Crippen LogP contribution is 2.30. The van der Waals surface area contributed by atoms with Crippen LogP contribution in [0.25, 0.3) is 0 Å². The van der Waals surface area contributed by atoms with Crippen LogP contribution in [0.3, 0.4) is 0 Å². The third-order valence-corrected chi connectivity index (χ3v) is 2.79. The van der Waals surface area contributed by atoms with Crippen LogP contribution in [-0.2, 0) is 6.42 Å². The molecule has 0 aliphatic carbocycles. The topological polar surface area (TPSA) is 70.8 Å². The predicted octanol–water partition coefficient (Wildman–Crippen LogP) is 0.817. The van der Waals surface area contributed by atoms with Crippen molar-refractivity contribution in [3.05, 3.63) is 46.1 Å². The quantitative estimate of drug-likeness (QED) is 0.742. The highest BCUT2D eigenvalue weighted by atomic mass is 16.5. The van der Waals surface area contributed by atoms with E-state index in [1.165, 1.54) is 0 Å². The summed E-state index contributed by atoms with van der Waals surface area (Å²) in [6, 6.07) is 7.93. The van der Waals surface area contributed by atoms with Crippen LogP contribution in [0, 0.1) is 0 Å². The number of benzene rings is 1. The minimum absolute atomic E-state index is 0.119. The van der Waals surface area contributed by atoms with Gasteiger partial charge in [0.2, 0.25) is 0 Å². The Kier molecular flexibility index (Phi) is 2.02. The second-order valence-electron chi connectivity index (χ2n) is 3.88. The molecule has 1 aromatic carbocycles. The smallest absolute Gasteiger partial charge is 0.340 e. The minimum atomic E-state index is -0.270. The molecule has 1 unspecified atom stereocenters. The lowest BCUT2D eigenvalue weighted by Crippen LogP contribution is -2.20. The molecule has 5 heteroatoms. The van der Waals surface area contributed by atoms with Gasteiger partial charge in [0, 0.05) is 0 Å². The molecule has 0 radical (unpaired) electrons. The number of hydrogen-bond acceptors (Lipinski definition) is 3. The van der Waals surface area contributed by atoms with Crippen LogP contribution in [0.2, 0.25) is 0 Å². The summed E-state index contributed by atoms with van der Waals surface area (Å²) in [6.07, 6.45) is 0.844. The summed E-state index contributed by atoms with van der Waals surface area (Å²) in [5.41, 5.74) is 0.886. The maximum absolute atomic E-state index is 11.0. The fourth-order valence-corrected chi connectivity index (χ4v) is 1.98. The van der Waals surface area contributed by atoms with E-state index < -0.39 is 0 Å². The van der Waals surface area contributed by atoms with Gasteiger partial charge in [-0.2, -0.15) is 5.10 Å². The molecule has 2 heterocycles. The van der Waals surface area contributed by atoms with Gasteiger partial charge in [-0.05, 0) is 18.1 Å². The lowest BCUT2D eigenvalue weighted by molar-refractivity contribution is 0.258. The number of aromatic amines is 2. The molecule has 2 aromatic rings. The van der Waals surface area contributed by atoms with Crippen LogP contribution in [0.1, 0.15) is 17.3 Å². The van der Waals surface area contributed by atoms with Crippen molar-refractivity contribution in [3.8, 4) is 5.75 Å². The molecule has 0 fully saturated rings. The van der Waals surface area contributed by atoms with Crippen LogP contribution in [0.4, 0.5) is 0 Å². The lowest BCUT2D eigenvalue weighted by Gasteiger charge is -2.23. The van der Waals surface area contributed by atoms with Gasteiger partial charge < -0.3 is 4.74 Å². The summed E-state index contributed by atoms with van der Waals surface area (Å²) < 4.78 is 5.62.